The maximum Gasteiger partial charge on any atom is 0.221 e. The van der Waals surface area contributed by atoms with Crippen LogP contribution in [0.1, 0.15) is 57.7 Å². The molecule has 0 N–H and O–H groups in total. The molecule has 164 valence electrons. The molecule has 0 amide bonds. The van der Waals surface area contributed by atoms with E-state index in [1.807, 2.05) is 18.2 Å². The first-order chi connectivity index (χ1) is 15.4. The number of hydrogen-bond acceptors (Lipinski definition) is 1. The lowest BCUT2D eigenvalue weighted by molar-refractivity contribution is -0.706. The Morgan fingerprint density at radius 3 is 2.38 bits per heavy atom. The van der Waals surface area contributed by atoms with Crippen molar-refractivity contribution >= 4 is 6.08 Å². The van der Waals surface area contributed by atoms with Crippen molar-refractivity contribution in [2.45, 2.75) is 52.0 Å². The molecule has 1 aliphatic heterocycles. The van der Waals surface area contributed by atoms with Crippen LogP contribution in [0.25, 0.3) is 28.5 Å². The standard InChI is InChI=1S/C29H31FNO/c1-19(2)9-10-22-17-31(20(3)4)28-24-7-5-6-8-25(24)32-18-29(15-16-29)27(28)26(22)21-11-13-23(30)14-12-21/h5-14,17,19-20H,15-16,18H2,1-4H3/q+1/b10-9+. The van der Waals surface area contributed by atoms with E-state index in [1.54, 1.807) is 12.1 Å². The van der Waals surface area contributed by atoms with Crippen LogP contribution in [0.4, 0.5) is 4.39 Å². The maximum absolute atomic E-state index is 13.9. The summed E-state index contributed by atoms with van der Waals surface area (Å²) in [6.45, 7) is 9.55. The molecule has 0 unspecified atom stereocenters. The Morgan fingerprint density at radius 1 is 1.00 bits per heavy atom. The lowest BCUT2D eigenvalue weighted by Crippen LogP contribution is -2.41. The van der Waals surface area contributed by atoms with Gasteiger partial charge in [0.1, 0.15) is 11.6 Å². The molecule has 2 aromatic carbocycles. The fourth-order valence-electron chi connectivity index (χ4n) is 4.84. The predicted octanol–water partition coefficient (Wildman–Crippen LogP) is 7.12. The van der Waals surface area contributed by atoms with Gasteiger partial charge in [0.05, 0.1) is 12.2 Å². The van der Waals surface area contributed by atoms with E-state index in [-0.39, 0.29) is 11.2 Å². The van der Waals surface area contributed by atoms with E-state index < -0.39 is 0 Å². The van der Waals surface area contributed by atoms with Gasteiger partial charge in [0.15, 0.2) is 12.2 Å². The molecule has 2 heterocycles. The Bertz CT molecular complexity index is 1190. The van der Waals surface area contributed by atoms with Crippen molar-refractivity contribution in [2.75, 3.05) is 6.61 Å². The van der Waals surface area contributed by atoms with Gasteiger partial charge in [-0.2, -0.15) is 4.57 Å². The Morgan fingerprint density at radius 2 is 1.72 bits per heavy atom. The lowest BCUT2D eigenvalue weighted by atomic mass is 9.83. The highest BCUT2D eigenvalue weighted by Gasteiger charge is 2.53. The highest BCUT2D eigenvalue weighted by molar-refractivity contribution is 5.85. The summed E-state index contributed by atoms with van der Waals surface area (Å²) < 4.78 is 22.7. The summed E-state index contributed by atoms with van der Waals surface area (Å²) >= 11 is 0. The number of para-hydroxylation sites is 1. The number of halogens is 1. The van der Waals surface area contributed by atoms with Crippen LogP contribution in [0.3, 0.4) is 0 Å². The summed E-state index contributed by atoms with van der Waals surface area (Å²) in [5.74, 6) is 1.19. The SMILES string of the molecule is CC(C)/C=C/c1c[n+](C(C)C)c2c(c1-c1ccc(F)cc1)C1(CC1)COc1ccccc1-2. The van der Waals surface area contributed by atoms with Crippen LogP contribution in [0.2, 0.25) is 0 Å². The van der Waals surface area contributed by atoms with Gasteiger partial charge in [-0.25, -0.2) is 4.39 Å². The zero-order chi connectivity index (χ0) is 22.5. The molecule has 0 saturated heterocycles. The van der Waals surface area contributed by atoms with Crippen molar-refractivity contribution in [1.82, 2.24) is 0 Å². The summed E-state index contributed by atoms with van der Waals surface area (Å²) in [4.78, 5) is 0. The monoisotopic (exact) mass is 428 g/mol. The van der Waals surface area contributed by atoms with Crippen molar-refractivity contribution in [3.8, 4) is 28.1 Å². The molecule has 3 heteroatoms. The first kappa shape index (κ1) is 20.9. The molecule has 5 rings (SSSR count). The minimum Gasteiger partial charge on any atom is -0.492 e. The summed E-state index contributed by atoms with van der Waals surface area (Å²) in [5, 5.41) is 0. The van der Waals surface area contributed by atoms with E-state index in [2.05, 4.69) is 68.8 Å². The topological polar surface area (TPSA) is 13.1 Å². The minimum absolute atomic E-state index is 0.00358. The Kier molecular flexibility index (Phi) is 5.16. The normalized spacial score (nSPS) is 16.2. The third-order valence-corrected chi connectivity index (χ3v) is 6.69. The van der Waals surface area contributed by atoms with E-state index in [0.29, 0.717) is 18.6 Å². The molecule has 0 bridgehead atoms. The molecule has 0 atom stereocenters. The third-order valence-electron chi connectivity index (χ3n) is 6.69. The number of benzene rings is 2. The van der Waals surface area contributed by atoms with Gasteiger partial charge in [0, 0.05) is 22.1 Å². The smallest absolute Gasteiger partial charge is 0.221 e. The van der Waals surface area contributed by atoms with Crippen LogP contribution in [-0.2, 0) is 5.41 Å². The molecule has 0 radical (unpaired) electrons. The fraction of sp³-hybridized carbons (Fsp3) is 0.345. The Hall–Kier alpha value is -2.94. The summed E-state index contributed by atoms with van der Waals surface area (Å²) in [7, 11) is 0. The molecular formula is C29H31FNO+. The summed E-state index contributed by atoms with van der Waals surface area (Å²) in [6.07, 6.45) is 8.99. The zero-order valence-electron chi connectivity index (χ0n) is 19.4. The first-order valence-electron chi connectivity index (χ1n) is 11.7. The molecule has 1 aromatic heterocycles. The van der Waals surface area contributed by atoms with Crippen molar-refractivity contribution in [3.05, 3.63) is 77.7 Å². The van der Waals surface area contributed by atoms with Gasteiger partial charge >= 0.3 is 0 Å². The zero-order valence-corrected chi connectivity index (χ0v) is 19.4. The summed E-state index contributed by atoms with van der Waals surface area (Å²) in [6, 6.07) is 15.7. The average molecular weight is 429 g/mol. The van der Waals surface area contributed by atoms with Crippen LogP contribution in [-0.4, -0.2) is 6.61 Å². The number of nitrogens with zero attached hydrogens (tertiary/aromatic N) is 1. The van der Waals surface area contributed by atoms with Crippen LogP contribution >= 0.6 is 0 Å². The molecular weight excluding hydrogens is 397 g/mol. The highest BCUT2D eigenvalue weighted by Crippen LogP contribution is 2.57. The van der Waals surface area contributed by atoms with Gasteiger partial charge in [0.25, 0.3) is 0 Å². The number of pyridine rings is 1. The number of allylic oxidation sites excluding steroid dienone is 1. The molecule has 1 saturated carbocycles. The number of rotatable bonds is 4. The minimum atomic E-state index is -0.206. The van der Waals surface area contributed by atoms with Crippen LogP contribution in [0.5, 0.6) is 5.75 Å². The van der Waals surface area contributed by atoms with Crippen LogP contribution in [0.15, 0.2) is 60.8 Å². The number of fused-ring (bicyclic) bond motifs is 4. The highest BCUT2D eigenvalue weighted by atomic mass is 19.1. The summed E-state index contributed by atoms with van der Waals surface area (Å²) in [5.41, 5.74) is 7.20. The van der Waals surface area contributed by atoms with Crippen LogP contribution in [0, 0.1) is 11.7 Å². The quantitative estimate of drug-likeness (QED) is 0.403. The van der Waals surface area contributed by atoms with E-state index in [0.717, 1.165) is 29.7 Å². The largest absolute Gasteiger partial charge is 0.492 e. The van der Waals surface area contributed by atoms with Gasteiger partial charge in [0.2, 0.25) is 5.69 Å². The number of hydrogen-bond donors (Lipinski definition) is 0. The van der Waals surface area contributed by atoms with Crippen molar-refractivity contribution in [1.29, 1.82) is 0 Å². The molecule has 1 spiro atoms. The van der Waals surface area contributed by atoms with Crippen molar-refractivity contribution in [2.24, 2.45) is 5.92 Å². The van der Waals surface area contributed by atoms with E-state index >= 15 is 0 Å². The molecule has 1 fully saturated rings. The second kappa shape index (κ2) is 7.88. The Labute approximate surface area is 190 Å². The maximum atomic E-state index is 13.9. The van der Waals surface area contributed by atoms with Crippen molar-refractivity contribution < 1.29 is 13.7 Å². The van der Waals surface area contributed by atoms with Gasteiger partial charge in [-0.15, -0.1) is 0 Å². The second-order valence-corrected chi connectivity index (χ2v) is 9.86. The lowest BCUT2D eigenvalue weighted by Gasteiger charge is -2.22. The average Bonchev–Trinajstić information content (AvgIpc) is 3.58. The van der Waals surface area contributed by atoms with Crippen molar-refractivity contribution in [3.63, 3.8) is 0 Å². The molecule has 3 aromatic rings. The van der Waals surface area contributed by atoms with Gasteiger partial charge < -0.3 is 4.74 Å². The van der Waals surface area contributed by atoms with Crippen LogP contribution < -0.4 is 9.30 Å². The van der Waals surface area contributed by atoms with E-state index in [4.69, 9.17) is 4.74 Å². The van der Waals surface area contributed by atoms with Gasteiger partial charge in [-0.05, 0) is 62.4 Å². The Balaban J connectivity index is 1.92. The predicted molar refractivity (Wildman–Crippen MR) is 128 cm³/mol. The first-order valence-corrected chi connectivity index (χ1v) is 11.7. The molecule has 2 aliphatic rings. The van der Waals surface area contributed by atoms with Gasteiger partial charge in [-0.1, -0.05) is 50.3 Å². The number of aromatic nitrogens is 1. The molecule has 1 aliphatic carbocycles. The fourth-order valence-corrected chi connectivity index (χ4v) is 4.84. The second-order valence-electron chi connectivity index (χ2n) is 9.86. The van der Waals surface area contributed by atoms with E-state index in [1.165, 1.54) is 22.4 Å². The third kappa shape index (κ3) is 3.54. The van der Waals surface area contributed by atoms with Gasteiger partial charge in [-0.3, -0.25) is 0 Å². The molecule has 2 nitrogen and oxygen atoms in total. The number of ether oxygens (including phenoxy) is 1. The van der Waals surface area contributed by atoms with E-state index in [9.17, 15) is 4.39 Å². The molecule has 32 heavy (non-hydrogen) atoms.